The van der Waals surface area contributed by atoms with Crippen molar-refractivity contribution in [3.63, 3.8) is 0 Å². The zero-order chi connectivity index (χ0) is 12.2. The average molecular weight is 226 g/mol. The first-order chi connectivity index (χ1) is 7.53. The lowest BCUT2D eigenvalue weighted by molar-refractivity contribution is -0.139. The van der Waals surface area contributed by atoms with Crippen LogP contribution in [0, 0.1) is 0 Å². The van der Waals surface area contributed by atoms with Gasteiger partial charge in [0.2, 0.25) is 5.91 Å². The molecule has 0 saturated heterocycles. The molecule has 0 aliphatic heterocycles. The topological polar surface area (TPSA) is 32.3 Å². The molecule has 3 nitrogen and oxygen atoms in total. The summed E-state index contributed by atoms with van der Waals surface area (Å²) in [6, 6.07) is 0.482. The predicted octanol–water partition coefficient (Wildman–Crippen LogP) is 2.17. The van der Waals surface area contributed by atoms with Crippen molar-refractivity contribution < 1.29 is 4.79 Å². The molecular formula is C13H26N2O. The second-order valence-electron chi connectivity index (χ2n) is 5.18. The van der Waals surface area contributed by atoms with Crippen LogP contribution in [0.1, 0.15) is 53.4 Å². The standard InChI is InChI=1S/C13H26N2O/c1-5-14-13(3,4)12(16)15(6-2)11-9-7-8-10-11/h11,14H,5-10H2,1-4H3. The minimum absolute atomic E-state index is 0.253. The summed E-state index contributed by atoms with van der Waals surface area (Å²) in [6.07, 6.45) is 4.91. The highest BCUT2D eigenvalue weighted by Gasteiger charge is 2.34. The Bertz CT molecular complexity index is 232. The minimum atomic E-state index is -0.423. The molecule has 0 radical (unpaired) electrons. The largest absolute Gasteiger partial charge is 0.338 e. The summed E-state index contributed by atoms with van der Waals surface area (Å²) in [5.41, 5.74) is -0.423. The lowest BCUT2D eigenvalue weighted by Gasteiger charge is -2.35. The molecule has 0 aromatic carbocycles. The summed E-state index contributed by atoms with van der Waals surface area (Å²) in [4.78, 5) is 14.5. The van der Waals surface area contributed by atoms with Crippen LogP contribution < -0.4 is 5.32 Å². The predicted molar refractivity (Wildman–Crippen MR) is 67.4 cm³/mol. The van der Waals surface area contributed by atoms with Crippen molar-refractivity contribution in [3.8, 4) is 0 Å². The summed E-state index contributed by atoms with van der Waals surface area (Å²) in [7, 11) is 0. The van der Waals surface area contributed by atoms with Gasteiger partial charge in [0, 0.05) is 12.6 Å². The van der Waals surface area contributed by atoms with E-state index in [0.29, 0.717) is 6.04 Å². The van der Waals surface area contributed by atoms with Gasteiger partial charge in [-0.15, -0.1) is 0 Å². The van der Waals surface area contributed by atoms with Crippen LogP contribution in [-0.2, 0) is 4.79 Å². The normalized spacial score (nSPS) is 17.8. The van der Waals surface area contributed by atoms with Crippen molar-refractivity contribution in [2.75, 3.05) is 13.1 Å². The number of likely N-dealkylation sites (N-methyl/N-ethyl adjacent to an activating group) is 2. The van der Waals surface area contributed by atoms with Gasteiger partial charge in [-0.3, -0.25) is 4.79 Å². The van der Waals surface area contributed by atoms with Gasteiger partial charge in [0.1, 0.15) is 0 Å². The Morgan fingerprint density at radius 3 is 2.31 bits per heavy atom. The molecule has 1 aliphatic carbocycles. The Balaban J connectivity index is 2.67. The molecule has 1 rings (SSSR count). The van der Waals surface area contributed by atoms with E-state index in [-0.39, 0.29) is 5.91 Å². The first-order valence-corrected chi connectivity index (χ1v) is 6.59. The molecule has 0 aromatic rings. The van der Waals surface area contributed by atoms with Gasteiger partial charge in [-0.25, -0.2) is 0 Å². The first kappa shape index (κ1) is 13.5. The molecule has 1 aliphatic rings. The van der Waals surface area contributed by atoms with Crippen LogP contribution in [0.15, 0.2) is 0 Å². The maximum absolute atomic E-state index is 12.4. The van der Waals surface area contributed by atoms with Crippen molar-refractivity contribution in [3.05, 3.63) is 0 Å². The van der Waals surface area contributed by atoms with Gasteiger partial charge in [-0.1, -0.05) is 19.8 Å². The van der Waals surface area contributed by atoms with E-state index < -0.39 is 5.54 Å². The smallest absolute Gasteiger partial charge is 0.242 e. The van der Waals surface area contributed by atoms with Crippen molar-refractivity contribution in [1.29, 1.82) is 0 Å². The molecule has 0 heterocycles. The van der Waals surface area contributed by atoms with Gasteiger partial charge >= 0.3 is 0 Å². The van der Waals surface area contributed by atoms with Crippen molar-refractivity contribution in [2.24, 2.45) is 0 Å². The maximum atomic E-state index is 12.4. The monoisotopic (exact) mass is 226 g/mol. The minimum Gasteiger partial charge on any atom is -0.338 e. The van der Waals surface area contributed by atoms with Crippen LogP contribution in [0.3, 0.4) is 0 Å². The van der Waals surface area contributed by atoms with E-state index in [1.54, 1.807) is 0 Å². The number of carbonyl (C=O) groups excluding carboxylic acids is 1. The zero-order valence-corrected chi connectivity index (χ0v) is 11.2. The molecule has 3 heteroatoms. The fourth-order valence-corrected chi connectivity index (χ4v) is 2.66. The quantitative estimate of drug-likeness (QED) is 0.779. The van der Waals surface area contributed by atoms with Gasteiger partial charge in [-0.2, -0.15) is 0 Å². The Hall–Kier alpha value is -0.570. The summed E-state index contributed by atoms with van der Waals surface area (Å²) >= 11 is 0. The number of hydrogen-bond donors (Lipinski definition) is 1. The molecule has 0 aromatic heterocycles. The van der Waals surface area contributed by atoms with Crippen LogP contribution in [0.4, 0.5) is 0 Å². The van der Waals surface area contributed by atoms with Crippen LogP contribution >= 0.6 is 0 Å². The van der Waals surface area contributed by atoms with Crippen LogP contribution in [0.5, 0.6) is 0 Å². The third kappa shape index (κ3) is 2.97. The molecule has 1 fully saturated rings. The number of nitrogens with one attached hydrogen (secondary N) is 1. The number of carbonyl (C=O) groups is 1. The van der Waals surface area contributed by atoms with E-state index in [9.17, 15) is 4.79 Å². The average Bonchev–Trinajstić information content (AvgIpc) is 2.72. The van der Waals surface area contributed by atoms with E-state index >= 15 is 0 Å². The Labute approximate surface area is 99.6 Å². The molecule has 94 valence electrons. The van der Waals surface area contributed by atoms with Gasteiger partial charge in [0.15, 0.2) is 0 Å². The molecule has 0 atom stereocenters. The zero-order valence-electron chi connectivity index (χ0n) is 11.2. The number of nitrogens with zero attached hydrogens (tertiary/aromatic N) is 1. The summed E-state index contributed by atoms with van der Waals surface area (Å²) < 4.78 is 0. The second-order valence-corrected chi connectivity index (χ2v) is 5.18. The number of amides is 1. The Morgan fingerprint density at radius 2 is 1.88 bits per heavy atom. The van der Waals surface area contributed by atoms with Crippen LogP contribution in [-0.4, -0.2) is 35.5 Å². The first-order valence-electron chi connectivity index (χ1n) is 6.59. The fourth-order valence-electron chi connectivity index (χ4n) is 2.66. The van der Waals surface area contributed by atoms with Gasteiger partial charge in [0.25, 0.3) is 0 Å². The van der Waals surface area contributed by atoms with Crippen LogP contribution in [0.25, 0.3) is 0 Å². The highest BCUT2D eigenvalue weighted by molar-refractivity contribution is 5.85. The number of rotatable bonds is 5. The SMILES string of the molecule is CCNC(C)(C)C(=O)N(CC)C1CCCC1. The molecule has 1 saturated carbocycles. The lowest BCUT2D eigenvalue weighted by atomic mass is 10.0. The van der Waals surface area contributed by atoms with E-state index in [0.717, 1.165) is 13.1 Å². The third-order valence-corrected chi connectivity index (χ3v) is 3.52. The van der Waals surface area contributed by atoms with E-state index in [2.05, 4.69) is 17.1 Å². The molecular weight excluding hydrogens is 200 g/mol. The highest BCUT2D eigenvalue weighted by atomic mass is 16.2. The summed E-state index contributed by atoms with van der Waals surface area (Å²) in [5, 5.41) is 3.27. The summed E-state index contributed by atoms with van der Waals surface area (Å²) in [6.45, 7) is 9.76. The lowest BCUT2D eigenvalue weighted by Crippen LogP contribution is -2.56. The van der Waals surface area contributed by atoms with Crippen molar-refractivity contribution in [1.82, 2.24) is 10.2 Å². The highest BCUT2D eigenvalue weighted by Crippen LogP contribution is 2.25. The maximum Gasteiger partial charge on any atom is 0.242 e. The van der Waals surface area contributed by atoms with E-state index in [4.69, 9.17) is 0 Å². The van der Waals surface area contributed by atoms with E-state index in [1.165, 1.54) is 25.7 Å². The molecule has 0 bridgehead atoms. The van der Waals surface area contributed by atoms with Crippen molar-refractivity contribution >= 4 is 5.91 Å². The molecule has 16 heavy (non-hydrogen) atoms. The van der Waals surface area contributed by atoms with E-state index in [1.807, 2.05) is 20.8 Å². The molecule has 1 N–H and O–H groups in total. The molecule has 0 spiro atoms. The Morgan fingerprint density at radius 1 is 1.31 bits per heavy atom. The third-order valence-electron chi connectivity index (χ3n) is 3.52. The molecule has 0 unspecified atom stereocenters. The molecule has 1 amide bonds. The van der Waals surface area contributed by atoms with Gasteiger partial charge in [0.05, 0.1) is 5.54 Å². The van der Waals surface area contributed by atoms with Crippen LogP contribution in [0.2, 0.25) is 0 Å². The number of hydrogen-bond acceptors (Lipinski definition) is 2. The fraction of sp³-hybridized carbons (Fsp3) is 0.923. The summed E-state index contributed by atoms with van der Waals surface area (Å²) in [5.74, 6) is 0.253. The van der Waals surface area contributed by atoms with Gasteiger partial charge in [-0.05, 0) is 40.2 Å². The Kier molecular flexibility index (Phi) is 4.78. The second kappa shape index (κ2) is 5.67. The van der Waals surface area contributed by atoms with Gasteiger partial charge < -0.3 is 10.2 Å². The van der Waals surface area contributed by atoms with Crippen molar-refractivity contribution in [2.45, 2.75) is 65.0 Å².